The first kappa shape index (κ1) is 16.3. The molecule has 0 aliphatic carbocycles. The monoisotopic (exact) mass is 356 g/mol. The summed E-state index contributed by atoms with van der Waals surface area (Å²) in [6.07, 6.45) is 4.74. The molecule has 1 aromatic carbocycles. The number of ether oxygens (including phenoxy) is 1. The molecule has 134 valence electrons. The van der Waals surface area contributed by atoms with E-state index in [-0.39, 0.29) is 12.6 Å². The molecular weight excluding hydrogens is 339 g/mol. The number of nitrogens with two attached hydrogens (primary N) is 1. The number of hydrogen-bond donors (Lipinski definition) is 3. The largest absolute Gasteiger partial charge is 0.443 e. The first-order valence-electron chi connectivity index (χ1n) is 8.14. The number of imidazole rings is 2. The van der Waals surface area contributed by atoms with Gasteiger partial charge in [0.1, 0.15) is 23.6 Å². The second kappa shape index (κ2) is 6.60. The van der Waals surface area contributed by atoms with E-state index in [4.69, 9.17) is 10.5 Å². The normalized spacial score (nSPS) is 16.9. The highest BCUT2D eigenvalue weighted by molar-refractivity contribution is 5.90. The third-order valence-electron chi connectivity index (χ3n) is 4.19. The van der Waals surface area contributed by atoms with E-state index >= 15 is 0 Å². The summed E-state index contributed by atoms with van der Waals surface area (Å²) in [5.41, 5.74) is 7.01. The van der Waals surface area contributed by atoms with Crippen molar-refractivity contribution in [2.24, 2.45) is 5.73 Å². The van der Waals surface area contributed by atoms with Crippen molar-refractivity contribution >= 4 is 11.8 Å². The average Bonchev–Trinajstić information content (AvgIpc) is 3.36. The topological polar surface area (TPSA) is 113 Å². The number of benzene rings is 1. The molecule has 4 rings (SSSR count). The second-order valence-corrected chi connectivity index (χ2v) is 5.97. The molecule has 3 heterocycles. The number of aromatic nitrogens is 4. The summed E-state index contributed by atoms with van der Waals surface area (Å²) < 4.78 is 19.7. The Balaban J connectivity index is 1.55. The molecule has 1 unspecified atom stereocenters. The van der Waals surface area contributed by atoms with Crippen LogP contribution in [0.5, 0.6) is 0 Å². The molecule has 1 atom stereocenters. The number of cyclic esters (lactones) is 1. The Kier molecular flexibility index (Phi) is 4.13. The third-order valence-corrected chi connectivity index (χ3v) is 4.19. The maximum absolute atomic E-state index is 14.6. The first-order valence-corrected chi connectivity index (χ1v) is 8.14. The van der Waals surface area contributed by atoms with Gasteiger partial charge in [0.25, 0.3) is 0 Å². The zero-order chi connectivity index (χ0) is 18.1. The molecule has 8 nitrogen and oxygen atoms in total. The van der Waals surface area contributed by atoms with Crippen LogP contribution in [0.1, 0.15) is 11.5 Å². The molecule has 1 fully saturated rings. The van der Waals surface area contributed by atoms with Crippen molar-refractivity contribution < 1.29 is 13.9 Å². The fraction of sp³-hybridized carbons (Fsp3) is 0.235. The Morgan fingerprint density at radius 3 is 2.96 bits per heavy atom. The van der Waals surface area contributed by atoms with Gasteiger partial charge in [-0.25, -0.2) is 19.2 Å². The zero-order valence-electron chi connectivity index (χ0n) is 13.8. The molecule has 0 saturated carbocycles. The maximum Gasteiger partial charge on any atom is 0.414 e. The number of rotatable bonds is 5. The quantitative estimate of drug-likeness (QED) is 0.645. The van der Waals surface area contributed by atoms with Crippen molar-refractivity contribution in [2.45, 2.75) is 12.5 Å². The minimum Gasteiger partial charge on any atom is -0.443 e. The van der Waals surface area contributed by atoms with Crippen molar-refractivity contribution in [3.8, 4) is 11.4 Å². The van der Waals surface area contributed by atoms with Crippen LogP contribution in [0, 0.1) is 5.82 Å². The number of halogens is 1. The standard InChI is InChI=1S/C17H17FN6O2/c18-14-6-11(24-9-12(7-19)26-17(24)25)1-2-13(14)16-22-8-10(23-16)5-15-20-3-4-21-15/h1-4,6,8,12H,5,7,9,19H2,(H,20,21)(H,22,23). The summed E-state index contributed by atoms with van der Waals surface area (Å²) in [6.45, 7) is 0.538. The van der Waals surface area contributed by atoms with Crippen molar-refractivity contribution in [1.82, 2.24) is 19.9 Å². The molecular formula is C17H17FN6O2. The Morgan fingerprint density at radius 1 is 1.38 bits per heavy atom. The number of carbonyl (C=O) groups excluding carboxylic acids is 1. The number of H-pyrrole nitrogens is 2. The molecule has 9 heteroatoms. The number of amides is 1. The number of hydrogen-bond acceptors (Lipinski definition) is 5. The van der Waals surface area contributed by atoms with E-state index in [0.29, 0.717) is 30.0 Å². The van der Waals surface area contributed by atoms with Gasteiger partial charge in [-0.1, -0.05) is 0 Å². The third kappa shape index (κ3) is 3.04. The number of anilines is 1. The Morgan fingerprint density at radius 2 is 2.27 bits per heavy atom. The van der Waals surface area contributed by atoms with Crippen molar-refractivity contribution in [2.75, 3.05) is 18.0 Å². The molecule has 26 heavy (non-hydrogen) atoms. The van der Waals surface area contributed by atoms with E-state index < -0.39 is 11.9 Å². The first-order chi connectivity index (χ1) is 12.6. The van der Waals surface area contributed by atoms with Gasteiger partial charge in [-0.05, 0) is 18.2 Å². The molecule has 0 bridgehead atoms. The van der Waals surface area contributed by atoms with E-state index in [9.17, 15) is 9.18 Å². The lowest BCUT2D eigenvalue weighted by Crippen LogP contribution is -2.27. The minimum absolute atomic E-state index is 0.230. The van der Waals surface area contributed by atoms with Crippen molar-refractivity contribution in [1.29, 1.82) is 0 Å². The lowest BCUT2D eigenvalue weighted by molar-refractivity contribution is 0.145. The minimum atomic E-state index is -0.522. The van der Waals surface area contributed by atoms with E-state index in [1.54, 1.807) is 30.7 Å². The summed E-state index contributed by atoms with van der Waals surface area (Å²) in [7, 11) is 0. The lowest BCUT2D eigenvalue weighted by atomic mass is 10.1. The summed E-state index contributed by atoms with van der Waals surface area (Å²) in [5.74, 6) is 0.714. The van der Waals surface area contributed by atoms with E-state index in [1.807, 2.05) is 0 Å². The molecule has 3 aromatic rings. The van der Waals surface area contributed by atoms with Gasteiger partial charge in [-0.2, -0.15) is 0 Å². The average molecular weight is 356 g/mol. The highest BCUT2D eigenvalue weighted by Gasteiger charge is 2.31. The molecule has 0 spiro atoms. The Bertz CT molecular complexity index is 923. The number of nitrogens with one attached hydrogen (secondary N) is 2. The molecule has 1 aliphatic rings. The fourth-order valence-electron chi connectivity index (χ4n) is 2.87. The summed E-state index contributed by atoms with van der Waals surface area (Å²) >= 11 is 0. The van der Waals surface area contributed by atoms with Gasteiger partial charge < -0.3 is 20.4 Å². The summed E-state index contributed by atoms with van der Waals surface area (Å²) in [5, 5.41) is 0. The number of aromatic amines is 2. The van der Waals surface area contributed by atoms with Crippen LogP contribution in [0.15, 0.2) is 36.8 Å². The molecule has 1 amide bonds. The Labute approximate surface area is 148 Å². The van der Waals surface area contributed by atoms with E-state index in [2.05, 4.69) is 19.9 Å². The zero-order valence-corrected chi connectivity index (χ0v) is 13.8. The van der Waals surface area contributed by atoms with Gasteiger partial charge in [0.05, 0.1) is 23.5 Å². The number of nitrogens with zero attached hydrogens (tertiary/aromatic N) is 3. The maximum atomic E-state index is 14.6. The van der Waals surface area contributed by atoms with Crippen LogP contribution in [0.3, 0.4) is 0 Å². The fourth-order valence-corrected chi connectivity index (χ4v) is 2.87. The van der Waals surface area contributed by atoms with Gasteiger partial charge in [-0.3, -0.25) is 4.90 Å². The van der Waals surface area contributed by atoms with E-state index in [0.717, 1.165) is 11.5 Å². The highest BCUT2D eigenvalue weighted by Crippen LogP contribution is 2.27. The second-order valence-electron chi connectivity index (χ2n) is 5.97. The molecule has 0 radical (unpaired) electrons. The molecule has 1 saturated heterocycles. The molecule has 4 N–H and O–H groups in total. The van der Waals surface area contributed by atoms with Gasteiger partial charge in [0.2, 0.25) is 0 Å². The van der Waals surface area contributed by atoms with Gasteiger partial charge >= 0.3 is 6.09 Å². The number of carbonyl (C=O) groups is 1. The van der Waals surface area contributed by atoms with Crippen molar-refractivity contribution in [3.63, 3.8) is 0 Å². The van der Waals surface area contributed by atoms with E-state index in [1.165, 1.54) is 11.0 Å². The highest BCUT2D eigenvalue weighted by atomic mass is 19.1. The van der Waals surface area contributed by atoms with Crippen LogP contribution in [0.4, 0.5) is 14.9 Å². The van der Waals surface area contributed by atoms with Crippen LogP contribution in [-0.4, -0.2) is 45.2 Å². The van der Waals surface area contributed by atoms with Crippen LogP contribution < -0.4 is 10.6 Å². The summed E-state index contributed by atoms with van der Waals surface area (Å²) in [4.78, 5) is 27.8. The smallest absolute Gasteiger partial charge is 0.414 e. The van der Waals surface area contributed by atoms with Crippen LogP contribution in [-0.2, 0) is 11.2 Å². The predicted molar refractivity (Wildman–Crippen MR) is 92.0 cm³/mol. The SMILES string of the molecule is NCC1CN(c2ccc(-c3nc(Cc4ncc[nH]4)c[nH]3)c(F)c2)C(=O)O1. The van der Waals surface area contributed by atoms with Gasteiger partial charge in [-0.15, -0.1) is 0 Å². The molecule has 1 aliphatic heterocycles. The summed E-state index contributed by atoms with van der Waals surface area (Å²) in [6, 6.07) is 4.54. The van der Waals surface area contributed by atoms with Gasteiger partial charge in [0.15, 0.2) is 0 Å². The lowest BCUT2D eigenvalue weighted by Gasteiger charge is -2.13. The Hall–Kier alpha value is -3.20. The van der Waals surface area contributed by atoms with Crippen LogP contribution >= 0.6 is 0 Å². The van der Waals surface area contributed by atoms with Crippen molar-refractivity contribution in [3.05, 3.63) is 54.1 Å². The predicted octanol–water partition coefficient (Wildman–Crippen LogP) is 1.81. The van der Waals surface area contributed by atoms with Crippen LogP contribution in [0.25, 0.3) is 11.4 Å². The van der Waals surface area contributed by atoms with Crippen LogP contribution in [0.2, 0.25) is 0 Å². The van der Waals surface area contributed by atoms with Gasteiger partial charge in [0, 0.05) is 31.6 Å². The molecule has 2 aromatic heterocycles.